The number of fused-ring (bicyclic) bond motifs is 1. The number of carboxylic acid groups (broad SMARTS) is 1. The fourth-order valence-electron chi connectivity index (χ4n) is 3.44. The van der Waals surface area contributed by atoms with Gasteiger partial charge in [-0.2, -0.15) is 0 Å². The van der Waals surface area contributed by atoms with Crippen LogP contribution in [0.3, 0.4) is 0 Å². The Morgan fingerprint density at radius 2 is 2.21 bits per heavy atom. The van der Waals surface area contributed by atoms with Gasteiger partial charge in [0.15, 0.2) is 0 Å². The van der Waals surface area contributed by atoms with Crippen LogP contribution in [0.1, 0.15) is 33.3 Å². The van der Waals surface area contributed by atoms with Crippen LogP contribution < -0.4 is 10.1 Å². The van der Waals surface area contributed by atoms with Crippen molar-refractivity contribution in [3.63, 3.8) is 0 Å². The highest BCUT2D eigenvalue weighted by atomic mass is 32.1. The summed E-state index contributed by atoms with van der Waals surface area (Å²) >= 11 is 1.24. The van der Waals surface area contributed by atoms with Crippen LogP contribution in [0, 0.1) is 0 Å². The average molecular weight is 410 g/mol. The summed E-state index contributed by atoms with van der Waals surface area (Å²) in [5, 5.41) is 24.5. The van der Waals surface area contributed by atoms with Crippen molar-refractivity contribution in [2.24, 2.45) is 0 Å². The molecular weight excluding hydrogens is 388 g/mol. The molecule has 0 amide bonds. The molecule has 0 unspecified atom stereocenters. The van der Waals surface area contributed by atoms with Crippen molar-refractivity contribution in [3.8, 4) is 16.9 Å². The Morgan fingerprint density at radius 1 is 1.31 bits per heavy atom. The molecule has 0 radical (unpaired) electrons. The first-order valence-electron chi connectivity index (χ1n) is 9.50. The lowest BCUT2D eigenvalue weighted by Gasteiger charge is -2.27. The molecule has 1 aliphatic heterocycles. The molecule has 29 heavy (non-hydrogen) atoms. The van der Waals surface area contributed by atoms with E-state index < -0.39 is 12.1 Å². The number of aliphatic hydroxyl groups is 1. The number of benzene rings is 1. The molecule has 6 nitrogen and oxygen atoms in total. The number of aryl methyl sites for hydroxylation is 1. The van der Waals surface area contributed by atoms with Crippen molar-refractivity contribution in [3.05, 3.63) is 70.2 Å². The van der Waals surface area contributed by atoms with Gasteiger partial charge in [-0.15, -0.1) is 11.3 Å². The predicted molar refractivity (Wildman–Crippen MR) is 112 cm³/mol. The van der Waals surface area contributed by atoms with Gasteiger partial charge >= 0.3 is 5.97 Å². The minimum Gasteiger partial charge on any atom is -0.489 e. The van der Waals surface area contributed by atoms with Gasteiger partial charge in [-0.05, 0) is 59.2 Å². The van der Waals surface area contributed by atoms with Crippen LogP contribution in [0.5, 0.6) is 5.75 Å². The van der Waals surface area contributed by atoms with Gasteiger partial charge in [0.1, 0.15) is 16.7 Å². The molecule has 1 aliphatic rings. The molecule has 7 heteroatoms. The molecule has 2 aromatic heterocycles. The van der Waals surface area contributed by atoms with Gasteiger partial charge in [-0.3, -0.25) is 4.98 Å². The lowest BCUT2D eigenvalue weighted by atomic mass is 9.98. The molecule has 0 aliphatic carbocycles. The zero-order valence-corrected chi connectivity index (χ0v) is 16.6. The van der Waals surface area contributed by atoms with Crippen LogP contribution in [-0.2, 0) is 6.42 Å². The minimum atomic E-state index is -0.897. The van der Waals surface area contributed by atoms with E-state index in [0.717, 1.165) is 40.8 Å². The van der Waals surface area contributed by atoms with Crippen molar-refractivity contribution in [2.75, 3.05) is 13.1 Å². The number of hydrogen-bond acceptors (Lipinski definition) is 6. The largest absolute Gasteiger partial charge is 0.489 e. The summed E-state index contributed by atoms with van der Waals surface area (Å²) in [6, 6.07) is 11.4. The van der Waals surface area contributed by atoms with Gasteiger partial charge in [-0.1, -0.05) is 12.1 Å². The van der Waals surface area contributed by atoms with Gasteiger partial charge in [-0.25, -0.2) is 4.79 Å². The SMILES string of the molecule is O=C(O)c1cc(-c2ccc3c(c2)CC[C@H](CNC[C@H](O)c2cccnc2)O3)cs1. The molecule has 3 N–H and O–H groups in total. The molecule has 2 atom stereocenters. The Morgan fingerprint density at radius 3 is 2.97 bits per heavy atom. The third kappa shape index (κ3) is 4.64. The fourth-order valence-corrected chi connectivity index (χ4v) is 4.19. The monoisotopic (exact) mass is 410 g/mol. The summed E-state index contributed by atoms with van der Waals surface area (Å²) in [5.41, 5.74) is 3.86. The van der Waals surface area contributed by atoms with E-state index in [0.29, 0.717) is 18.0 Å². The van der Waals surface area contributed by atoms with Gasteiger partial charge < -0.3 is 20.3 Å². The molecule has 0 fully saturated rings. The summed E-state index contributed by atoms with van der Waals surface area (Å²) < 4.78 is 6.11. The number of aromatic carboxylic acids is 1. The Bertz CT molecular complexity index is 989. The summed E-state index contributed by atoms with van der Waals surface area (Å²) in [5.74, 6) is -0.0279. The third-order valence-electron chi connectivity index (χ3n) is 5.01. The molecule has 3 heterocycles. The molecule has 0 bridgehead atoms. The van der Waals surface area contributed by atoms with E-state index in [1.165, 1.54) is 11.3 Å². The fraction of sp³-hybridized carbons (Fsp3) is 0.273. The first-order chi connectivity index (χ1) is 14.1. The lowest BCUT2D eigenvalue weighted by molar-refractivity contribution is 0.0702. The summed E-state index contributed by atoms with van der Waals surface area (Å²) in [4.78, 5) is 15.5. The zero-order valence-electron chi connectivity index (χ0n) is 15.7. The standard InChI is InChI=1S/C22H22N2O4S/c25-19(16-2-1-7-23-10-16)12-24-11-18-5-3-15-8-14(4-6-20(15)28-18)17-9-21(22(26)27)29-13-17/h1-2,4,6-10,13,18-19,24-25H,3,5,11-12H2,(H,26,27)/t18-,19+/m1/s1. The van der Waals surface area contributed by atoms with Crippen LogP contribution in [0.4, 0.5) is 0 Å². The number of nitrogens with one attached hydrogen (secondary N) is 1. The van der Waals surface area contributed by atoms with Gasteiger partial charge in [0.2, 0.25) is 0 Å². The van der Waals surface area contributed by atoms with E-state index in [9.17, 15) is 9.90 Å². The highest BCUT2D eigenvalue weighted by Crippen LogP contribution is 2.33. The van der Waals surface area contributed by atoms with Crippen molar-refractivity contribution < 1.29 is 19.7 Å². The summed E-state index contributed by atoms with van der Waals surface area (Å²) in [7, 11) is 0. The highest BCUT2D eigenvalue weighted by Gasteiger charge is 2.21. The molecule has 0 saturated carbocycles. The van der Waals surface area contributed by atoms with Gasteiger partial charge in [0.05, 0.1) is 6.10 Å². The normalized spacial score (nSPS) is 16.7. The topological polar surface area (TPSA) is 91.7 Å². The zero-order chi connectivity index (χ0) is 20.2. The predicted octanol–water partition coefficient (Wildman–Crippen LogP) is 3.53. The molecule has 3 aromatic rings. The molecule has 4 rings (SSSR count). The van der Waals surface area contributed by atoms with Crippen molar-refractivity contribution in [2.45, 2.75) is 25.0 Å². The molecular formula is C22H22N2O4S. The molecule has 0 spiro atoms. The smallest absolute Gasteiger partial charge is 0.345 e. The number of pyridine rings is 1. The Kier molecular flexibility index (Phi) is 5.89. The first-order valence-corrected chi connectivity index (χ1v) is 10.4. The van der Waals surface area contributed by atoms with Crippen molar-refractivity contribution in [1.82, 2.24) is 10.3 Å². The van der Waals surface area contributed by atoms with E-state index in [4.69, 9.17) is 9.84 Å². The van der Waals surface area contributed by atoms with E-state index >= 15 is 0 Å². The maximum absolute atomic E-state index is 11.1. The quantitative estimate of drug-likeness (QED) is 0.552. The van der Waals surface area contributed by atoms with Gasteiger partial charge in [0.25, 0.3) is 0 Å². The highest BCUT2D eigenvalue weighted by molar-refractivity contribution is 7.12. The molecule has 1 aromatic carbocycles. The number of aliphatic hydroxyl groups excluding tert-OH is 1. The molecule has 0 saturated heterocycles. The summed E-state index contributed by atoms with van der Waals surface area (Å²) in [6.45, 7) is 1.10. The number of hydrogen-bond donors (Lipinski definition) is 3. The maximum Gasteiger partial charge on any atom is 0.345 e. The van der Waals surface area contributed by atoms with Crippen LogP contribution in [0.25, 0.3) is 11.1 Å². The Labute approximate surface area is 172 Å². The first kappa shape index (κ1) is 19.6. The maximum atomic E-state index is 11.1. The van der Waals surface area contributed by atoms with Crippen LogP contribution in [-0.4, -0.2) is 40.4 Å². The lowest BCUT2D eigenvalue weighted by Crippen LogP contribution is -2.36. The average Bonchev–Trinajstić information content (AvgIpc) is 3.24. The van der Waals surface area contributed by atoms with Crippen LogP contribution >= 0.6 is 11.3 Å². The second kappa shape index (κ2) is 8.73. The molecule has 150 valence electrons. The Hall–Kier alpha value is -2.74. The van der Waals surface area contributed by atoms with E-state index in [1.807, 2.05) is 29.6 Å². The van der Waals surface area contributed by atoms with Crippen molar-refractivity contribution in [1.29, 1.82) is 0 Å². The van der Waals surface area contributed by atoms with E-state index in [2.05, 4.69) is 16.4 Å². The van der Waals surface area contributed by atoms with Crippen LogP contribution in [0.15, 0.2) is 54.2 Å². The second-order valence-electron chi connectivity index (χ2n) is 7.07. The minimum absolute atomic E-state index is 0.0502. The number of rotatable bonds is 7. The number of carboxylic acids is 1. The van der Waals surface area contributed by atoms with Gasteiger partial charge in [0, 0.05) is 31.0 Å². The number of thiophene rings is 1. The number of ether oxygens (including phenoxy) is 1. The summed E-state index contributed by atoms with van der Waals surface area (Å²) in [6.07, 6.45) is 4.60. The Balaban J connectivity index is 1.33. The van der Waals surface area contributed by atoms with Crippen LogP contribution in [0.2, 0.25) is 0 Å². The number of carbonyl (C=O) groups is 1. The third-order valence-corrected chi connectivity index (χ3v) is 5.93. The van der Waals surface area contributed by atoms with E-state index in [1.54, 1.807) is 18.5 Å². The van der Waals surface area contributed by atoms with E-state index in [-0.39, 0.29) is 6.10 Å². The van der Waals surface area contributed by atoms with Crippen molar-refractivity contribution >= 4 is 17.3 Å². The number of nitrogens with zero attached hydrogens (tertiary/aromatic N) is 1. The second-order valence-corrected chi connectivity index (χ2v) is 7.98. The number of aromatic nitrogens is 1.